The summed E-state index contributed by atoms with van der Waals surface area (Å²) >= 11 is 0. The lowest BCUT2D eigenvalue weighted by Crippen LogP contribution is -1.97. The topological polar surface area (TPSA) is 72.6 Å². The fraction of sp³-hybridized carbons (Fsp3) is 0.200. The molecule has 0 saturated heterocycles. The van der Waals surface area contributed by atoms with Gasteiger partial charge in [-0.05, 0) is 19.1 Å². The third-order valence-corrected chi connectivity index (χ3v) is 2.19. The Bertz CT molecular complexity index is 529. The summed E-state index contributed by atoms with van der Waals surface area (Å²) in [5, 5.41) is 13.3. The van der Waals surface area contributed by atoms with E-state index in [2.05, 4.69) is 5.16 Å². The maximum absolute atomic E-state index is 10.8. The van der Waals surface area contributed by atoms with Crippen molar-refractivity contribution in [2.24, 2.45) is 0 Å². The lowest BCUT2D eigenvalue weighted by molar-refractivity contribution is 0.0696. The number of carboxylic acids is 1. The van der Waals surface area contributed by atoms with Crippen molar-refractivity contribution in [3.8, 4) is 5.75 Å². The molecule has 0 aliphatic carbocycles. The van der Waals surface area contributed by atoms with E-state index in [1.165, 1.54) is 19.2 Å². The molecular formula is C10H9NO4. The average Bonchev–Trinajstić information content (AvgIpc) is 2.59. The number of aromatic carboxylic acids is 1. The Kier molecular flexibility index (Phi) is 2.07. The van der Waals surface area contributed by atoms with Crippen molar-refractivity contribution in [2.75, 3.05) is 7.11 Å². The Hall–Kier alpha value is -2.04. The van der Waals surface area contributed by atoms with Gasteiger partial charge in [0.15, 0.2) is 5.52 Å². The first-order chi connectivity index (χ1) is 7.13. The Morgan fingerprint density at radius 2 is 2.27 bits per heavy atom. The molecule has 1 N–H and O–H groups in total. The van der Waals surface area contributed by atoms with E-state index in [1.807, 2.05) is 0 Å². The Morgan fingerprint density at radius 1 is 1.53 bits per heavy atom. The quantitative estimate of drug-likeness (QED) is 0.813. The van der Waals surface area contributed by atoms with Gasteiger partial charge in [0.25, 0.3) is 0 Å². The van der Waals surface area contributed by atoms with E-state index in [-0.39, 0.29) is 5.56 Å². The molecule has 78 valence electrons. The molecule has 2 rings (SSSR count). The molecule has 0 radical (unpaired) electrons. The van der Waals surface area contributed by atoms with Gasteiger partial charge >= 0.3 is 5.97 Å². The van der Waals surface area contributed by atoms with Crippen LogP contribution in [0.25, 0.3) is 10.9 Å². The molecule has 0 aliphatic heterocycles. The van der Waals surface area contributed by atoms with E-state index in [9.17, 15) is 4.79 Å². The second-order valence-corrected chi connectivity index (χ2v) is 3.12. The standard InChI is InChI=1S/C10H9NO4/c1-5-7-3-6(10(12)13)4-8(14-2)9(7)11-15-5/h3-4H,1-2H3,(H,12,13). The number of fused-ring (bicyclic) bond motifs is 1. The number of rotatable bonds is 2. The van der Waals surface area contributed by atoms with Crippen LogP contribution in [0.5, 0.6) is 5.75 Å². The highest BCUT2D eigenvalue weighted by molar-refractivity contribution is 5.96. The number of benzene rings is 1. The molecule has 1 aromatic carbocycles. The molecule has 0 aliphatic rings. The van der Waals surface area contributed by atoms with E-state index >= 15 is 0 Å². The summed E-state index contributed by atoms with van der Waals surface area (Å²) in [5.41, 5.74) is 0.700. The van der Waals surface area contributed by atoms with Crippen molar-refractivity contribution in [2.45, 2.75) is 6.92 Å². The van der Waals surface area contributed by atoms with Crippen molar-refractivity contribution >= 4 is 16.9 Å². The highest BCUT2D eigenvalue weighted by atomic mass is 16.5. The van der Waals surface area contributed by atoms with Gasteiger partial charge in [-0.1, -0.05) is 5.16 Å². The van der Waals surface area contributed by atoms with Crippen LogP contribution in [0.2, 0.25) is 0 Å². The summed E-state index contributed by atoms with van der Waals surface area (Å²) in [7, 11) is 1.46. The van der Waals surface area contributed by atoms with Crippen LogP contribution in [0.1, 0.15) is 16.1 Å². The number of hydrogen-bond donors (Lipinski definition) is 1. The maximum atomic E-state index is 10.8. The summed E-state index contributed by atoms with van der Waals surface area (Å²) in [6.07, 6.45) is 0. The SMILES string of the molecule is COc1cc(C(=O)O)cc2c(C)onc12. The lowest BCUT2D eigenvalue weighted by Gasteiger charge is -2.01. The predicted molar refractivity (Wildman–Crippen MR) is 52.3 cm³/mol. The fourth-order valence-electron chi connectivity index (χ4n) is 1.41. The van der Waals surface area contributed by atoms with Gasteiger partial charge in [-0.2, -0.15) is 0 Å². The van der Waals surface area contributed by atoms with Crippen LogP contribution in [0.3, 0.4) is 0 Å². The van der Waals surface area contributed by atoms with Gasteiger partial charge in [0.05, 0.1) is 12.7 Å². The number of hydrogen-bond acceptors (Lipinski definition) is 4. The molecule has 0 bridgehead atoms. The Morgan fingerprint density at radius 3 is 2.87 bits per heavy atom. The van der Waals surface area contributed by atoms with Crippen LogP contribution in [-0.4, -0.2) is 23.3 Å². The summed E-state index contributed by atoms with van der Waals surface area (Å²) < 4.78 is 10.0. The zero-order valence-electron chi connectivity index (χ0n) is 8.27. The van der Waals surface area contributed by atoms with Gasteiger partial charge in [0.1, 0.15) is 11.5 Å². The summed E-state index contributed by atoms with van der Waals surface area (Å²) in [5.74, 6) is -0.0241. The molecule has 0 saturated carbocycles. The first-order valence-electron chi connectivity index (χ1n) is 4.31. The van der Waals surface area contributed by atoms with Crippen LogP contribution in [-0.2, 0) is 0 Å². The summed E-state index contributed by atoms with van der Waals surface area (Å²) in [6.45, 7) is 1.72. The smallest absolute Gasteiger partial charge is 0.335 e. The molecule has 2 aromatic rings. The molecule has 0 unspecified atom stereocenters. The molecule has 0 amide bonds. The molecule has 1 aromatic heterocycles. The maximum Gasteiger partial charge on any atom is 0.335 e. The number of carboxylic acid groups (broad SMARTS) is 1. The van der Waals surface area contributed by atoms with Crippen LogP contribution in [0.4, 0.5) is 0 Å². The zero-order valence-corrected chi connectivity index (χ0v) is 8.27. The van der Waals surface area contributed by atoms with Crippen molar-refractivity contribution in [3.63, 3.8) is 0 Å². The largest absolute Gasteiger partial charge is 0.494 e. The van der Waals surface area contributed by atoms with Crippen molar-refractivity contribution in [3.05, 3.63) is 23.5 Å². The molecule has 0 atom stereocenters. The van der Waals surface area contributed by atoms with E-state index < -0.39 is 5.97 Å². The van der Waals surface area contributed by atoms with Crippen molar-refractivity contribution in [1.82, 2.24) is 5.16 Å². The fourth-order valence-corrected chi connectivity index (χ4v) is 1.41. The van der Waals surface area contributed by atoms with Crippen LogP contribution in [0, 0.1) is 6.92 Å². The van der Waals surface area contributed by atoms with E-state index in [0.717, 1.165) is 0 Å². The van der Waals surface area contributed by atoms with Gasteiger partial charge < -0.3 is 14.4 Å². The van der Waals surface area contributed by atoms with Gasteiger partial charge in [0, 0.05) is 5.39 Å². The third kappa shape index (κ3) is 1.41. The van der Waals surface area contributed by atoms with Gasteiger partial charge in [-0.25, -0.2) is 4.79 Å². The molecule has 5 nitrogen and oxygen atoms in total. The van der Waals surface area contributed by atoms with Gasteiger partial charge in [0.2, 0.25) is 0 Å². The number of aryl methyl sites for hydroxylation is 1. The number of methoxy groups -OCH3 is 1. The number of carbonyl (C=O) groups is 1. The van der Waals surface area contributed by atoms with Crippen molar-refractivity contribution in [1.29, 1.82) is 0 Å². The Labute approximate surface area is 85.2 Å². The number of ether oxygens (including phenoxy) is 1. The first-order valence-corrected chi connectivity index (χ1v) is 4.31. The molecule has 15 heavy (non-hydrogen) atoms. The summed E-state index contributed by atoms with van der Waals surface area (Å²) in [6, 6.07) is 2.94. The van der Waals surface area contributed by atoms with Crippen LogP contribution < -0.4 is 4.74 Å². The third-order valence-electron chi connectivity index (χ3n) is 2.19. The van der Waals surface area contributed by atoms with Crippen molar-refractivity contribution < 1.29 is 19.2 Å². The monoisotopic (exact) mass is 207 g/mol. The van der Waals surface area contributed by atoms with Crippen LogP contribution in [0.15, 0.2) is 16.7 Å². The Balaban J connectivity index is 2.79. The molecule has 0 spiro atoms. The average molecular weight is 207 g/mol. The zero-order chi connectivity index (χ0) is 11.0. The van der Waals surface area contributed by atoms with Gasteiger partial charge in [-0.3, -0.25) is 0 Å². The predicted octanol–water partition coefficient (Wildman–Crippen LogP) is 1.84. The minimum Gasteiger partial charge on any atom is -0.494 e. The number of aromatic nitrogens is 1. The molecule has 5 heteroatoms. The highest BCUT2D eigenvalue weighted by Crippen LogP contribution is 2.28. The van der Waals surface area contributed by atoms with Gasteiger partial charge in [-0.15, -0.1) is 0 Å². The molecular weight excluding hydrogens is 198 g/mol. The highest BCUT2D eigenvalue weighted by Gasteiger charge is 2.14. The first kappa shape index (κ1) is 9.51. The number of nitrogens with zero attached hydrogens (tertiary/aromatic N) is 1. The second-order valence-electron chi connectivity index (χ2n) is 3.12. The van der Waals surface area contributed by atoms with Crippen LogP contribution >= 0.6 is 0 Å². The minimum atomic E-state index is -1.00. The normalized spacial score (nSPS) is 10.5. The lowest BCUT2D eigenvalue weighted by atomic mass is 10.1. The second kappa shape index (κ2) is 3.27. The summed E-state index contributed by atoms with van der Waals surface area (Å²) in [4.78, 5) is 10.8. The molecule has 1 heterocycles. The minimum absolute atomic E-state index is 0.158. The molecule has 0 fully saturated rings. The van der Waals surface area contributed by atoms with E-state index in [1.54, 1.807) is 6.92 Å². The van der Waals surface area contributed by atoms with E-state index in [4.69, 9.17) is 14.4 Å². The van der Waals surface area contributed by atoms with E-state index in [0.29, 0.717) is 22.4 Å².